The fraction of sp³-hybridized carbons (Fsp3) is 0.429. The van der Waals surface area contributed by atoms with Crippen LogP contribution in [0.25, 0.3) is 11.0 Å². The van der Waals surface area contributed by atoms with Crippen LogP contribution in [0.3, 0.4) is 0 Å². The van der Waals surface area contributed by atoms with Gasteiger partial charge in [0, 0.05) is 41.2 Å². The molecule has 1 N–H and O–H groups in total. The van der Waals surface area contributed by atoms with Gasteiger partial charge in [-0.05, 0) is 40.4 Å². The summed E-state index contributed by atoms with van der Waals surface area (Å²) in [7, 11) is 2.81. The van der Waals surface area contributed by atoms with Gasteiger partial charge >= 0.3 is 10.2 Å². The largest absolute Gasteiger partial charge is 0.337 e. The van der Waals surface area contributed by atoms with Crippen LogP contribution in [0.1, 0.15) is 35.6 Å². The molecule has 0 aliphatic rings. The molecule has 0 atom stereocenters. The quantitative estimate of drug-likeness (QED) is 0.555. The number of imidazole rings is 1. The van der Waals surface area contributed by atoms with Crippen LogP contribution in [0.4, 0.5) is 5.69 Å². The van der Waals surface area contributed by atoms with Crippen LogP contribution >= 0.6 is 11.3 Å². The van der Waals surface area contributed by atoms with E-state index in [2.05, 4.69) is 18.6 Å². The number of carbonyl (C=O) groups excluding carboxylic acids is 1. The van der Waals surface area contributed by atoms with Gasteiger partial charge in [-0.15, -0.1) is 0 Å². The molecule has 0 aliphatic heterocycles. The molecule has 168 valence electrons. The van der Waals surface area contributed by atoms with E-state index in [4.69, 9.17) is 4.98 Å². The van der Waals surface area contributed by atoms with Gasteiger partial charge in [0.1, 0.15) is 5.82 Å². The summed E-state index contributed by atoms with van der Waals surface area (Å²) >= 11 is 1.58. The molecule has 0 unspecified atom stereocenters. The molecule has 10 heteroatoms. The van der Waals surface area contributed by atoms with Gasteiger partial charge in [-0.2, -0.15) is 24.1 Å². The summed E-state index contributed by atoms with van der Waals surface area (Å²) in [4.78, 5) is 19.8. The van der Waals surface area contributed by atoms with Crippen LogP contribution in [0.15, 0.2) is 29.0 Å². The van der Waals surface area contributed by atoms with E-state index >= 15 is 0 Å². The third-order valence-corrected chi connectivity index (χ3v) is 7.14. The molecule has 31 heavy (non-hydrogen) atoms. The highest BCUT2D eigenvalue weighted by atomic mass is 32.2. The Kier molecular flexibility index (Phi) is 6.73. The second-order valence-corrected chi connectivity index (χ2v) is 10.9. The molecular weight excluding hydrogens is 434 g/mol. The zero-order valence-corrected chi connectivity index (χ0v) is 20.3. The number of hydrogen-bond acceptors (Lipinski definition) is 5. The van der Waals surface area contributed by atoms with Crippen molar-refractivity contribution in [1.29, 1.82) is 0 Å². The molecule has 3 rings (SSSR count). The number of amides is 1. The zero-order chi connectivity index (χ0) is 22.9. The Bertz CT molecular complexity index is 1180. The lowest BCUT2D eigenvalue weighted by Crippen LogP contribution is -2.29. The van der Waals surface area contributed by atoms with Crippen LogP contribution in [0, 0.1) is 5.92 Å². The topological polar surface area (TPSA) is 87.5 Å². The van der Waals surface area contributed by atoms with Crippen molar-refractivity contribution in [3.05, 3.63) is 45.9 Å². The molecular formula is C21H29N5O3S2. The monoisotopic (exact) mass is 463 g/mol. The van der Waals surface area contributed by atoms with Crippen molar-refractivity contribution in [3.8, 4) is 0 Å². The molecule has 2 aromatic heterocycles. The Labute approximate surface area is 187 Å². The predicted molar refractivity (Wildman–Crippen MR) is 126 cm³/mol. The van der Waals surface area contributed by atoms with Crippen molar-refractivity contribution >= 4 is 44.2 Å². The van der Waals surface area contributed by atoms with Gasteiger partial charge < -0.3 is 9.47 Å². The average Bonchev–Trinajstić information content (AvgIpc) is 3.28. The molecule has 0 bridgehead atoms. The number of nitrogens with one attached hydrogen (secondary N) is 1. The van der Waals surface area contributed by atoms with Crippen molar-refractivity contribution in [1.82, 2.24) is 18.8 Å². The smallest absolute Gasteiger partial charge is 0.301 e. The van der Waals surface area contributed by atoms with E-state index in [1.54, 1.807) is 35.4 Å². The first-order valence-corrected chi connectivity index (χ1v) is 12.3. The van der Waals surface area contributed by atoms with Crippen molar-refractivity contribution < 1.29 is 13.2 Å². The fourth-order valence-corrected chi connectivity index (χ4v) is 4.60. The van der Waals surface area contributed by atoms with E-state index in [9.17, 15) is 13.2 Å². The summed E-state index contributed by atoms with van der Waals surface area (Å²) in [6.07, 6.45) is 0.752. The Hall–Kier alpha value is -2.43. The van der Waals surface area contributed by atoms with E-state index in [0.717, 1.165) is 22.1 Å². The molecule has 2 heterocycles. The normalized spacial score (nSPS) is 12.1. The highest BCUT2D eigenvalue weighted by Gasteiger charge is 2.23. The third kappa shape index (κ3) is 5.08. The highest BCUT2D eigenvalue weighted by Crippen LogP contribution is 2.28. The van der Waals surface area contributed by atoms with Gasteiger partial charge in [-0.3, -0.25) is 9.52 Å². The van der Waals surface area contributed by atoms with Gasteiger partial charge in [0.15, 0.2) is 0 Å². The third-order valence-electron chi connectivity index (χ3n) is 4.96. The van der Waals surface area contributed by atoms with E-state index in [1.807, 2.05) is 28.4 Å². The van der Waals surface area contributed by atoms with E-state index in [-0.39, 0.29) is 5.91 Å². The van der Waals surface area contributed by atoms with E-state index < -0.39 is 10.2 Å². The van der Waals surface area contributed by atoms with Gasteiger partial charge in [0.05, 0.1) is 22.3 Å². The molecule has 0 spiro atoms. The molecule has 0 fully saturated rings. The summed E-state index contributed by atoms with van der Waals surface area (Å²) < 4.78 is 30.3. The van der Waals surface area contributed by atoms with Crippen LogP contribution in [-0.2, 0) is 30.2 Å². The fourth-order valence-electron chi connectivity index (χ4n) is 3.34. The van der Waals surface area contributed by atoms with E-state index in [0.29, 0.717) is 34.7 Å². The number of thiophene rings is 1. The van der Waals surface area contributed by atoms with Gasteiger partial charge in [-0.1, -0.05) is 13.8 Å². The van der Waals surface area contributed by atoms with Crippen molar-refractivity contribution in [2.24, 2.45) is 13.0 Å². The lowest BCUT2D eigenvalue weighted by molar-refractivity contribution is 0.0787. The Morgan fingerprint density at radius 1 is 1.26 bits per heavy atom. The van der Waals surface area contributed by atoms with Crippen molar-refractivity contribution in [2.75, 3.05) is 25.9 Å². The molecule has 0 saturated heterocycles. The lowest BCUT2D eigenvalue weighted by Gasteiger charge is -2.19. The summed E-state index contributed by atoms with van der Waals surface area (Å²) in [6.45, 7) is 4.68. The summed E-state index contributed by atoms with van der Waals surface area (Å²) in [5.41, 5.74) is 3.06. The summed E-state index contributed by atoms with van der Waals surface area (Å²) in [6, 6.07) is 5.25. The standard InChI is InChI=1S/C21H29N5O3S2/c1-14(2)9-19-22-18-11-16(23-31(28,29)24(3)4)10-17(20(18)26(19)6)21(27)25(5)12-15-7-8-30-13-15/h7-8,10-11,13-14,23H,9,12H2,1-6H3. The van der Waals surface area contributed by atoms with Crippen LogP contribution in [0.5, 0.6) is 0 Å². The van der Waals surface area contributed by atoms with E-state index in [1.165, 1.54) is 14.1 Å². The Morgan fingerprint density at radius 2 is 1.97 bits per heavy atom. The number of anilines is 1. The lowest BCUT2D eigenvalue weighted by atomic mass is 10.1. The molecule has 1 aromatic carbocycles. The summed E-state index contributed by atoms with van der Waals surface area (Å²) in [5.74, 6) is 1.05. The number of hydrogen-bond donors (Lipinski definition) is 1. The first kappa shape index (κ1) is 23.2. The van der Waals surface area contributed by atoms with Crippen LogP contribution in [-0.4, -0.2) is 54.2 Å². The predicted octanol–water partition coefficient (Wildman–Crippen LogP) is 3.32. The maximum Gasteiger partial charge on any atom is 0.301 e. The maximum absolute atomic E-state index is 13.4. The molecule has 1 amide bonds. The molecule has 0 radical (unpaired) electrons. The number of aryl methyl sites for hydroxylation is 1. The second kappa shape index (κ2) is 8.97. The Morgan fingerprint density at radius 3 is 2.55 bits per heavy atom. The number of fused-ring (bicyclic) bond motifs is 1. The first-order valence-electron chi connectivity index (χ1n) is 9.95. The highest BCUT2D eigenvalue weighted by molar-refractivity contribution is 7.90. The van der Waals surface area contributed by atoms with Gasteiger partial charge in [0.2, 0.25) is 0 Å². The number of rotatable bonds is 8. The minimum absolute atomic E-state index is 0.193. The van der Waals surface area contributed by atoms with Crippen LogP contribution in [0.2, 0.25) is 0 Å². The second-order valence-electron chi connectivity index (χ2n) is 8.26. The number of benzene rings is 1. The molecule has 8 nitrogen and oxygen atoms in total. The van der Waals surface area contributed by atoms with Gasteiger partial charge in [-0.25, -0.2) is 4.98 Å². The summed E-state index contributed by atoms with van der Waals surface area (Å²) in [5, 5.41) is 3.98. The number of carbonyl (C=O) groups is 1. The number of aromatic nitrogens is 2. The average molecular weight is 464 g/mol. The zero-order valence-electron chi connectivity index (χ0n) is 18.7. The molecule has 0 aliphatic carbocycles. The molecule has 3 aromatic rings. The van der Waals surface area contributed by atoms with Crippen molar-refractivity contribution in [2.45, 2.75) is 26.8 Å². The SMILES string of the molecule is CC(C)Cc1nc2cc(NS(=O)(=O)N(C)C)cc(C(=O)N(C)Cc3ccsc3)c2n1C. The number of nitrogens with zero attached hydrogens (tertiary/aromatic N) is 4. The Balaban J connectivity index is 2.11. The maximum atomic E-state index is 13.4. The minimum atomic E-state index is -3.72. The van der Waals surface area contributed by atoms with Crippen LogP contribution < -0.4 is 4.72 Å². The van der Waals surface area contributed by atoms with Crippen molar-refractivity contribution in [3.63, 3.8) is 0 Å². The molecule has 0 saturated carbocycles. The minimum Gasteiger partial charge on any atom is -0.337 e. The van der Waals surface area contributed by atoms with Gasteiger partial charge in [0.25, 0.3) is 5.91 Å². The first-order chi connectivity index (χ1) is 14.5.